The third-order valence-electron chi connectivity index (χ3n) is 4.84. The molecule has 2 heteroatoms. The van der Waals surface area contributed by atoms with Crippen molar-refractivity contribution in [1.82, 2.24) is 5.32 Å². The van der Waals surface area contributed by atoms with Gasteiger partial charge in [0.05, 0.1) is 0 Å². The highest BCUT2D eigenvalue weighted by Gasteiger charge is 2.24. The van der Waals surface area contributed by atoms with Gasteiger partial charge in [0.2, 0.25) is 0 Å². The van der Waals surface area contributed by atoms with E-state index in [2.05, 4.69) is 30.6 Å². The van der Waals surface area contributed by atoms with Crippen LogP contribution < -0.4 is 10.1 Å². The number of likely N-dealkylation sites (N-methyl/N-ethyl adjacent to an activating group) is 1. The molecule has 1 saturated carbocycles. The Morgan fingerprint density at radius 3 is 2.74 bits per heavy atom. The Balaban J connectivity index is 1.58. The van der Waals surface area contributed by atoms with E-state index in [4.69, 9.17) is 4.74 Å². The predicted molar refractivity (Wildman–Crippen MR) is 78.8 cm³/mol. The minimum Gasteiger partial charge on any atom is -0.492 e. The lowest BCUT2D eigenvalue weighted by Crippen LogP contribution is -2.37. The van der Waals surface area contributed by atoms with Gasteiger partial charge in [0.25, 0.3) is 0 Å². The Labute approximate surface area is 116 Å². The molecule has 1 aromatic rings. The summed E-state index contributed by atoms with van der Waals surface area (Å²) in [6, 6.07) is 7.16. The first-order valence-electron chi connectivity index (χ1n) is 7.78. The van der Waals surface area contributed by atoms with Crippen LogP contribution in [0.25, 0.3) is 0 Å². The maximum Gasteiger partial charge on any atom is 0.119 e. The van der Waals surface area contributed by atoms with Crippen molar-refractivity contribution in [1.29, 1.82) is 0 Å². The normalized spacial score (nSPS) is 20.5. The van der Waals surface area contributed by atoms with Crippen molar-refractivity contribution in [2.24, 2.45) is 5.92 Å². The zero-order valence-electron chi connectivity index (χ0n) is 12.0. The molecule has 1 aromatic carbocycles. The summed E-state index contributed by atoms with van der Waals surface area (Å²) in [5.74, 6) is 1.86. The predicted octanol–water partition coefficient (Wildman–Crippen LogP) is 3.33. The number of hydrogen-bond acceptors (Lipinski definition) is 2. The molecule has 1 N–H and O–H groups in total. The molecule has 0 aliphatic heterocycles. The molecule has 1 atom stereocenters. The summed E-state index contributed by atoms with van der Waals surface area (Å²) < 4.78 is 6.03. The highest BCUT2D eigenvalue weighted by molar-refractivity contribution is 5.38. The van der Waals surface area contributed by atoms with E-state index in [-0.39, 0.29) is 0 Å². The number of rotatable bonds is 5. The van der Waals surface area contributed by atoms with Crippen molar-refractivity contribution in [3.05, 3.63) is 29.3 Å². The monoisotopic (exact) mass is 259 g/mol. The average Bonchev–Trinajstić information content (AvgIpc) is 3.10. The van der Waals surface area contributed by atoms with E-state index >= 15 is 0 Å². The van der Waals surface area contributed by atoms with Crippen LogP contribution in [0, 0.1) is 5.92 Å². The van der Waals surface area contributed by atoms with Gasteiger partial charge in [-0.25, -0.2) is 0 Å². The highest BCUT2D eigenvalue weighted by Crippen LogP contribution is 2.29. The van der Waals surface area contributed by atoms with Gasteiger partial charge in [-0.15, -0.1) is 0 Å². The van der Waals surface area contributed by atoms with Crippen LogP contribution >= 0.6 is 0 Å². The molecule has 0 spiro atoms. The second-order valence-corrected chi connectivity index (χ2v) is 6.03. The van der Waals surface area contributed by atoms with Crippen LogP contribution in [0.3, 0.4) is 0 Å². The fraction of sp³-hybridized carbons (Fsp3) is 0.647. The van der Waals surface area contributed by atoms with Gasteiger partial charge in [-0.1, -0.05) is 18.9 Å². The third kappa shape index (κ3) is 2.94. The van der Waals surface area contributed by atoms with Gasteiger partial charge >= 0.3 is 0 Å². The minimum absolute atomic E-state index is 0.510. The van der Waals surface area contributed by atoms with E-state index < -0.39 is 0 Å². The van der Waals surface area contributed by atoms with Crippen molar-refractivity contribution in [3.63, 3.8) is 0 Å². The molecule has 0 bridgehead atoms. The first-order valence-corrected chi connectivity index (χ1v) is 7.78. The van der Waals surface area contributed by atoms with Gasteiger partial charge < -0.3 is 10.1 Å². The molecule has 2 nitrogen and oxygen atoms in total. The smallest absolute Gasteiger partial charge is 0.119 e. The van der Waals surface area contributed by atoms with Crippen LogP contribution in [-0.2, 0) is 12.8 Å². The summed E-state index contributed by atoms with van der Waals surface area (Å²) in [5.41, 5.74) is 3.02. The molecule has 1 fully saturated rings. The van der Waals surface area contributed by atoms with Gasteiger partial charge in [-0.05, 0) is 68.3 Å². The van der Waals surface area contributed by atoms with E-state index in [1.807, 2.05) is 0 Å². The highest BCUT2D eigenvalue weighted by atomic mass is 16.5. The summed E-state index contributed by atoms with van der Waals surface area (Å²) in [6.07, 6.45) is 9.28. The van der Waals surface area contributed by atoms with Crippen molar-refractivity contribution < 1.29 is 4.74 Å². The molecule has 0 amide bonds. The summed E-state index contributed by atoms with van der Waals surface area (Å²) in [7, 11) is 2.06. The van der Waals surface area contributed by atoms with Gasteiger partial charge in [-0.2, -0.15) is 0 Å². The Morgan fingerprint density at radius 2 is 1.95 bits per heavy atom. The summed E-state index contributed by atoms with van der Waals surface area (Å²) in [6.45, 7) is 0.806. The Hall–Kier alpha value is -1.02. The van der Waals surface area contributed by atoms with E-state index in [0.29, 0.717) is 6.04 Å². The second kappa shape index (κ2) is 5.96. The van der Waals surface area contributed by atoms with E-state index in [0.717, 1.165) is 18.3 Å². The van der Waals surface area contributed by atoms with Crippen LogP contribution in [-0.4, -0.2) is 19.7 Å². The lowest BCUT2D eigenvalue weighted by Gasteiger charge is -2.23. The lowest BCUT2D eigenvalue weighted by molar-refractivity contribution is 0.224. The van der Waals surface area contributed by atoms with Crippen molar-refractivity contribution in [2.45, 2.75) is 51.0 Å². The third-order valence-corrected chi connectivity index (χ3v) is 4.84. The van der Waals surface area contributed by atoms with E-state index in [9.17, 15) is 0 Å². The Kier molecular flexibility index (Phi) is 4.07. The second-order valence-electron chi connectivity index (χ2n) is 6.03. The van der Waals surface area contributed by atoms with Crippen LogP contribution in [0.15, 0.2) is 18.2 Å². The van der Waals surface area contributed by atoms with Crippen molar-refractivity contribution in [2.75, 3.05) is 13.7 Å². The quantitative estimate of drug-likeness (QED) is 0.875. The fourth-order valence-corrected chi connectivity index (χ4v) is 3.64. The Bertz CT molecular complexity index is 423. The molecule has 104 valence electrons. The number of benzene rings is 1. The standard InChI is InChI=1S/C17H25NO/c1-18-17(14-5-2-3-6-14)12-19-16-10-9-13-7-4-8-15(13)11-16/h9-11,14,17-18H,2-8,12H2,1H3. The molecular weight excluding hydrogens is 234 g/mol. The molecule has 0 saturated heterocycles. The van der Waals surface area contributed by atoms with Gasteiger partial charge in [0, 0.05) is 6.04 Å². The molecule has 2 aliphatic rings. The molecule has 2 aliphatic carbocycles. The summed E-state index contributed by atoms with van der Waals surface area (Å²) in [5, 5.41) is 3.44. The fourth-order valence-electron chi connectivity index (χ4n) is 3.64. The number of fused-ring (bicyclic) bond motifs is 1. The number of aryl methyl sites for hydroxylation is 2. The zero-order chi connectivity index (χ0) is 13.1. The number of ether oxygens (including phenoxy) is 1. The van der Waals surface area contributed by atoms with Gasteiger partial charge in [0.15, 0.2) is 0 Å². The average molecular weight is 259 g/mol. The number of nitrogens with one attached hydrogen (secondary N) is 1. The molecule has 0 radical (unpaired) electrons. The van der Waals surface area contributed by atoms with E-state index in [1.54, 1.807) is 0 Å². The van der Waals surface area contributed by atoms with Crippen LogP contribution in [0.4, 0.5) is 0 Å². The zero-order valence-corrected chi connectivity index (χ0v) is 12.0. The lowest BCUT2D eigenvalue weighted by atomic mass is 9.99. The van der Waals surface area contributed by atoms with Crippen molar-refractivity contribution in [3.8, 4) is 5.75 Å². The maximum absolute atomic E-state index is 6.03. The maximum atomic E-state index is 6.03. The number of hydrogen-bond donors (Lipinski definition) is 1. The largest absolute Gasteiger partial charge is 0.492 e. The minimum atomic E-state index is 0.510. The van der Waals surface area contributed by atoms with E-state index in [1.165, 1.54) is 56.1 Å². The van der Waals surface area contributed by atoms with Gasteiger partial charge in [0.1, 0.15) is 12.4 Å². The first kappa shape index (κ1) is 13.0. The molecular formula is C17H25NO. The van der Waals surface area contributed by atoms with Crippen LogP contribution in [0.1, 0.15) is 43.2 Å². The Morgan fingerprint density at radius 1 is 1.16 bits per heavy atom. The molecule has 19 heavy (non-hydrogen) atoms. The van der Waals surface area contributed by atoms with Crippen molar-refractivity contribution >= 4 is 0 Å². The van der Waals surface area contributed by atoms with Gasteiger partial charge in [-0.3, -0.25) is 0 Å². The van der Waals surface area contributed by atoms with Crippen LogP contribution in [0.2, 0.25) is 0 Å². The topological polar surface area (TPSA) is 21.3 Å². The molecule has 0 heterocycles. The SMILES string of the molecule is CNC(COc1ccc2c(c1)CCC2)C1CCCC1. The molecule has 3 rings (SSSR count). The molecule has 1 unspecified atom stereocenters. The molecule has 0 aromatic heterocycles. The summed E-state index contributed by atoms with van der Waals surface area (Å²) >= 11 is 0. The summed E-state index contributed by atoms with van der Waals surface area (Å²) in [4.78, 5) is 0. The first-order chi connectivity index (χ1) is 9.36. The van der Waals surface area contributed by atoms with Crippen LogP contribution in [0.5, 0.6) is 5.75 Å².